The summed E-state index contributed by atoms with van der Waals surface area (Å²) in [6.45, 7) is 0.670. The molecule has 7 heteroatoms. The van der Waals surface area contributed by atoms with Crippen molar-refractivity contribution >= 4 is 29.8 Å². The number of oxime groups is 1. The van der Waals surface area contributed by atoms with Crippen LogP contribution in [0.4, 0.5) is 0 Å². The molecule has 156 valence electrons. The van der Waals surface area contributed by atoms with Crippen molar-refractivity contribution in [2.24, 2.45) is 11.1 Å². The highest BCUT2D eigenvalue weighted by Gasteiger charge is 2.39. The van der Waals surface area contributed by atoms with Crippen LogP contribution in [0.25, 0.3) is 0 Å². The molecule has 2 fully saturated rings. The number of hydrogen-bond acceptors (Lipinski definition) is 5. The summed E-state index contributed by atoms with van der Waals surface area (Å²) >= 11 is 1.65. The average Bonchev–Trinajstić information content (AvgIpc) is 3.46. The number of carbonyl (C=O) groups excluding carboxylic acids is 2. The van der Waals surface area contributed by atoms with Gasteiger partial charge in [0.25, 0.3) is 0 Å². The fraction of sp³-hybridized carbons (Fsp3) is 0.591. The second-order valence-corrected chi connectivity index (χ2v) is 9.32. The maximum atomic E-state index is 13.0. The summed E-state index contributed by atoms with van der Waals surface area (Å²) in [4.78, 5) is 29.4. The summed E-state index contributed by atoms with van der Waals surface area (Å²) < 4.78 is 0. The molecule has 3 aliphatic rings. The zero-order valence-corrected chi connectivity index (χ0v) is 17.5. The smallest absolute Gasteiger partial charge is 0.246 e. The van der Waals surface area contributed by atoms with E-state index in [9.17, 15) is 9.59 Å². The van der Waals surface area contributed by atoms with Gasteiger partial charge in [0.1, 0.15) is 6.04 Å². The van der Waals surface area contributed by atoms with E-state index in [1.807, 2.05) is 0 Å². The first-order valence-corrected chi connectivity index (χ1v) is 11.7. The summed E-state index contributed by atoms with van der Waals surface area (Å²) in [5.41, 5.74) is 2.91. The van der Waals surface area contributed by atoms with Crippen LogP contribution in [0.2, 0.25) is 0 Å². The fourth-order valence-corrected chi connectivity index (χ4v) is 6.07. The molecule has 0 saturated carbocycles. The van der Waals surface area contributed by atoms with Gasteiger partial charge in [-0.15, -0.1) is 11.8 Å². The zero-order chi connectivity index (χ0) is 20.2. The fourth-order valence-electron chi connectivity index (χ4n) is 4.94. The first-order chi connectivity index (χ1) is 14.2. The number of amides is 2. The SMILES string of the molecule is O=C([C@@H]1CCCN1C(=O)CCCC1Cc2ccccc2C1)N1CSC[C@H]1C=NO. The summed E-state index contributed by atoms with van der Waals surface area (Å²) in [6, 6.07) is 8.10. The van der Waals surface area contributed by atoms with Crippen molar-refractivity contribution in [1.82, 2.24) is 9.80 Å². The molecule has 0 spiro atoms. The standard InChI is InChI=1S/C22H29N3O3S/c26-21(9-3-5-16-11-17-6-1-2-7-18(17)12-16)24-10-4-8-20(24)22(27)25-15-29-14-19(25)13-23-28/h1-2,6-7,13,16,19-20,28H,3-5,8-12,14-15H2/t19-,20+/m1/s1. The number of thioether (sulfide) groups is 1. The predicted octanol–water partition coefficient (Wildman–Crippen LogP) is 2.92. The number of likely N-dealkylation sites (tertiary alicyclic amines) is 1. The topological polar surface area (TPSA) is 73.2 Å². The molecule has 1 aromatic rings. The van der Waals surface area contributed by atoms with Gasteiger partial charge in [-0.3, -0.25) is 9.59 Å². The van der Waals surface area contributed by atoms with Crippen LogP contribution in [0.1, 0.15) is 43.2 Å². The zero-order valence-electron chi connectivity index (χ0n) is 16.7. The molecule has 4 rings (SSSR count). The summed E-state index contributed by atoms with van der Waals surface area (Å²) in [5.74, 6) is 2.07. The van der Waals surface area contributed by atoms with E-state index in [4.69, 9.17) is 5.21 Å². The van der Waals surface area contributed by atoms with Crippen molar-refractivity contribution in [3.63, 3.8) is 0 Å². The molecular weight excluding hydrogens is 386 g/mol. The van der Waals surface area contributed by atoms with Crippen LogP contribution in [-0.4, -0.2) is 63.3 Å². The van der Waals surface area contributed by atoms with Gasteiger partial charge >= 0.3 is 0 Å². The Bertz CT molecular complexity index is 759. The van der Waals surface area contributed by atoms with Gasteiger partial charge in [-0.1, -0.05) is 29.4 Å². The number of benzene rings is 1. The molecule has 2 heterocycles. The van der Waals surface area contributed by atoms with E-state index < -0.39 is 0 Å². The first kappa shape index (κ1) is 20.3. The van der Waals surface area contributed by atoms with Crippen molar-refractivity contribution in [1.29, 1.82) is 0 Å². The molecule has 0 bridgehead atoms. The van der Waals surface area contributed by atoms with Gasteiger partial charge in [0.05, 0.1) is 18.1 Å². The summed E-state index contributed by atoms with van der Waals surface area (Å²) in [6.07, 6.45) is 7.72. The van der Waals surface area contributed by atoms with Gasteiger partial charge in [0, 0.05) is 18.7 Å². The first-order valence-electron chi connectivity index (χ1n) is 10.6. The molecule has 0 radical (unpaired) electrons. The molecule has 1 N–H and O–H groups in total. The maximum Gasteiger partial charge on any atom is 0.246 e. The lowest BCUT2D eigenvalue weighted by Gasteiger charge is -2.29. The average molecular weight is 416 g/mol. The van der Waals surface area contributed by atoms with Gasteiger partial charge in [-0.05, 0) is 55.6 Å². The second kappa shape index (κ2) is 9.20. The highest BCUT2D eigenvalue weighted by atomic mass is 32.2. The van der Waals surface area contributed by atoms with Gasteiger partial charge < -0.3 is 15.0 Å². The molecular formula is C22H29N3O3S. The van der Waals surface area contributed by atoms with Crippen LogP contribution in [0.5, 0.6) is 0 Å². The molecule has 0 unspecified atom stereocenters. The monoisotopic (exact) mass is 415 g/mol. The maximum absolute atomic E-state index is 13.0. The quantitative estimate of drug-likeness (QED) is 0.440. The number of hydrogen-bond donors (Lipinski definition) is 1. The minimum atomic E-state index is -0.355. The van der Waals surface area contributed by atoms with Crippen molar-refractivity contribution in [2.75, 3.05) is 18.2 Å². The number of fused-ring (bicyclic) bond motifs is 1. The molecule has 0 aromatic heterocycles. The Morgan fingerprint density at radius 3 is 2.69 bits per heavy atom. The molecule has 1 aliphatic carbocycles. The number of rotatable bonds is 6. The Balaban J connectivity index is 1.27. The molecule has 2 aliphatic heterocycles. The third-order valence-corrected chi connectivity index (χ3v) is 7.48. The molecule has 2 saturated heterocycles. The van der Waals surface area contributed by atoms with E-state index in [0.717, 1.165) is 44.3 Å². The van der Waals surface area contributed by atoms with Crippen LogP contribution in [-0.2, 0) is 22.4 Å². The normalized spacial score (nSPS) is 24.6. The van der Waals surface area contributed by atoms with E-state index in [-0.39, 0.29) is 23.9 Å². The van der Waals surface area contributed by atoms with E-state index in [0.29, 0.717) is 24.8 Å². The van der Waals surface area contributed by atoms with E-state index in [2.05, 4.69) is 29.4 Å². The van der Waals surface area contributed by atoms with Crippen LogP contribution in [0, 0.1) is 5.92 Å². The lowest BCUT2D eigenvalue weighted by molar-refractivity contribution is -0.143. The minimum Gasteiger partial charge on any atom is -0.411 e. The number of nitrogens with zero attached hydrogens (tertiary/aromatic N) is 3. The summed E-state index contributed by atoms with van der Waals surface area (Å²) in [7, 11) is 0. The van der Waals surface area contributed by atoms with E-state index in [1.54, 1.807) is 21.6 Å². The van der Waals surface area contributed by atoms with Crippen molar-refractivity contribution in [2.45, 2.75) is 57.0 Å². The largest absolute Gasteiger partial charge is 0.411 e. The summed E-state index contributed by atoms with van der Waals surface area (Å²) in [5, 5.41) is 11.9. The highest BCUT2D eigenvalue weighted by Crippen LogP contribution is 2.30. The molecule has 1 aromatic carbocycles. The Hall–Kier alpha value is -2.02. The second-order valence-electron chi connectivity index (χ2n) is 8.32. The third kappa shape index (κ3) is 4.44. The predicted molar refractivity (Wildman–Crippen MR) is 114 cm³/mol. The van der Waals surface area contributed by atoms with E-state index >= 15 is 0 Å². The lowest BCUT2D eigenvalue weighted by Crippen LogP contribution is -2.50. The Labute approximate surface area is 176 Å². The molecule has 6 nitrogen and oxygen atoms in total. The Morgan fingerprint density at radius 1 is 1.21 bits per heavy atom. The lowest BCUT2D eigenvalue weighted by atomic mass is 9.98. The highest BCUT2D eigenvalue weighted by molar-refractivity contribution is 7.99. The molecule has 29 heavy (non-hydrogen) atoms. The van der Waals surface area contributed by atoms with Gasteiger partial charge in [0.15, 0.2) is 0 Å². The molecule has 2 atom stereocenters. The van der Waals surface area contributed by atoms with E-state index in [1.165, 1.54) is 17.3 Å². The van der Waals surface area contributed by atoms with Crippen LogP contribution < -0.4 is 0 Å². The van der Waals surface area contributed by atoms with Gasteiger partial charge in [0.2, 0.25) is 11.8 Å². The van der Waals surface area contributed by atoms with Crippen LogP contribution in [0.15, 0.2) is 29.4 Å². The van der Waals surface area contributed by atoms with Crippen molar-refractivity contribution in [3.8, 4) is 0 Å². The van der Waals surface area contributed by atoms with Gasteiger partial charge in [-0.2, -0.15) is 0 Å². The van der Waals surface area contributed by atoms with Crippen molar-refractivity contribution < 1.29 is 14.8 Å². The van der Waals surface area contributed by atoms with Crippen molar-refractivity contribution in [3.05, 3.63) is 35.4 Å². The Kier molecular flexibility index (Phi) is 6.43. The van der Waals surface area contributed by atoms with Crippen LogP contribution >= 0.6 is 11.8 Å². The van der Waals surface area contributed by atoms with Crippen LogP contribution in [0.3, 0.4) is 0 Å². The van der Waals surface area contributed by atoms with Gasteiger partial charge in [-0.25, -0.2) is 0 Å². The number of carbonyl (C=O) groups is 2. The molecule has 2 amide bonds. The third-order valence-electron chi connectivity index (χ3n) is 6.44. The Morgan fingerprint density at radius 2 is 1.97 bits per heavy atom. The minimum absolute atomic E-state index is 0.00278.